The number of hydrogen-bond acceptors (Lipinski definition) is 3. The number of piperidine rings is 1. The first-order chi connectivity index (χ1) is 16.6. The van der Waals surface area contributed by atoms with E-state index in [0.29, 0.717) is 12.5 Å². The molecule has 34 heavy (non-hydrogen) atoms. The Morgan fingerprint density at radius 3 is 2.44 bits per heavy atom. The number of likely N-dealkylation sites (N-methyl/N-ethyl adjacent to an activating group) is 1. The highest BCUT2D eigenvalue weighted by molar-refractivity contribution is 5.94. The van der Waals surface area contributed by atoms with Crippen molar-refractivity contribution in [1.29, 1.82) is 0 Å². The second-order valence-corrected chi connectivity index (χ2v) is 9.55. The second-order valence-electron chi connectivity index (χ2n) is 9.55. The average molecular weight is 457 g/mol. The van der Waals surface area contributed by atoms with Gasteiger partial charge in [0.15, 0.2) is 0 Å². The lowest BCUT2D eigenvalue weighted by Crippen LogP contribution is -2.41. The number of rotatable bonds is 9. The Morgan fingerprint density at radius 2 is 1.71 bits per heavy atom. The Balaban J connectivity index is 1.22. The minimum absolute atomic E-state index is 0.130. The van der Waals surface area contributed by atoms with Gasteiger partial charge in [0.05, 0.1) is 6.61 Å². The number of benzene rings is 3. The summed E-state index contributed by atoms with van der Waals surface area (Å²) >= 11 is 0. The van der Waals surface area contributed by atoms with Crippen LogP contribution in [-0.4, -0.2) is 49.0 Å². The summed E-state index contributed by atoms with van der Waals surface area (Å²) in [5, 5.41) is 0. The zero-order valence-electron chi connectivity index (χ0n) is 20.5. The van der Waals surface area contributed by atoms with Gasteiger partial charge in [-0.2, -0.15) is 0 Å². The molecule has 0 bridgehead atoms. The lowest BCUT2D eigenvalue weighted by atomic mass is 9.98. The molecule has 3 aromatic rings. The van der Waals surface area contributed by atoms with E-state index in [9.17, 15) is 4.79 Å². The molecule has 1 aliphatic heterocycles. The van der Waals surface area contributed by atoms with Gasteiger partial charge in [0.2, 0.25) is 0 Å². The molecule has 1 amide bonds. The number of nitrogens with zero attached hydrogens (tertiary/aromatic N) is 2. The lowest BCUT2D eigenvalue weighted by molar-refractivity contribution is 0.0633. The van der Waals surface area contributed by atoms with E-state index < -0.39 is 0 Å². The quantitative estimate of drug-likeness (QED) is 0.420. The van der Waals surface area contributed by atoms with Gasteiger partial charge < -0.3 is 14.5 Å². The van der Waals surface area contributed by atoms with Crippen molar-refractivity contribution < 1.29 is 9.53 Å². The van der Waals surface area contributed by atoms with Gasteiger partial charge in [-0.1, -0.05) is 60.2 Å². The molecule has 4 rings (SSSR count). The highest BCUT2D eigenvalue weighted by Crippen LogP contribution is 2.21. The zero-order chi connectivity index (χ0) is 23.8. The van der Waals surface area contributed by atoms with Crippen molar-refractivity contribution >= 4 is 5.91 Å². The standard InChI is InChI=1S/C30H36N2O2/c1-24-10-14-28(15-11-24)30(33)32-19-6-9-27(22-32)23-34-29-16-12-26(13-17-29)21-31(2)20-18-25-7-4-3-5-8-25/h3-5,7-8,10-17,27H,6,9,18-23H2,1-2H3. The van der Waals surface area contributed by atoms with E-state index in [1.807, 2.05) is 36.1 Å². The SMILES string of the molecule is Cc1ccc(C(=O)N2CCCC(COc3ccc(CN(C)CCc4ccccc4)cc3)C2)cc1. The van der Waals surface area contributed by atoms with Crippen LogP contribution in [0.15, 0.2) is 78.9 Å². The Morgan fingerprint density at radius 1 is 0.971 bits per heavy atom. The number of ether oxygens (including phenoxy) is 1. The molecule has 1 heterocycles. The van der Waals surface area contributed by atoms with Crippen LogP contribution in [0.1, 0.15) is 39.9 Å². The normalized spacial score (nSPS) is 16.0. The first-order valence-electron chi connectivity index (χ1n) is 12.4. The third-order valence-electron chi connectivity index (χ3n) is 6.59. The van der Waals surface area contributed by atoms with Crippen LogP contribution in [0, 0.1) is 12.8 Å². The van der Waals surface area contributed by atoms with Gasteiger partial charge in [0.25, 0.3) is 5.91 Å². The molecular weight excluding hydrogens is 420 g/mol. The summed E-state index contributed by atoms with van der Waals surface area (Å²) in [4.78, 5) is 17.2. The van der Waals surface area contributed by atoms with E-state index in [-0.39, 0.29) is 5.91 Å². The molecule has 1 atom stereocenters. The van der Waals surface area contributed by atoms with Gasteiger partial charge in [-0.05, 0) is 68.6 Å². The van der Waals surface area contributed by atoms with Gasteiger partial charge in [-0.3, -0.25) is 4.79 Å². The summed E-state index contributed by atoms with van der Waals surface area (Å²) < 4.78 is 6.11. The molecule has 0 N–H and O–H groups in total. The van der Waals surface area contributed by atoms with Crippen molar-refractivity contribution in [3.05, 3.63) is 101 Å². The average Bonchev–Trinajstić information content (AvgIpc) is 2.88. The lowest BCUT2D eigenvalue weighted by Gasteiger charge is -2.32. The van der Waals surface area contributed by atoms with Crippen LogP contribution in [0.5, 0.6) is 5.75 Å². The van der Waals surface area contributed by atoms with Crippen molar-refractivity contribution in [1.82, 2.24) is 9.80 Å². The molecule has 3 aromatic carbocycles. The van der Waals surface area contributed by atoms with Crippen molar-refractivity contribution in [3.63, 3.8) is 0 Å². The Labute approximate surface area is 204 Å². The van der Waals surface area contributed by atoms with Crippen molar-refractivity contribution in [3.8, 4) is 5.75 Å². The molecule has 1 aliphatic rings. The van der Waals surface area contributed by atoms with E-state index in [4.69, 9.17) is 4.74 Å². The van der Waals surface area contributed by atoms with Crippen LogP contribution in [0.2, 0.25) is 0 Å². The predicted octanol–water partition coefficient (Wildman–Crippen LogP) is 5.60. The molecule has 0 spiro atoms. The fraction of sp³-hybridized carbons (Fsp3) is 0.367. The maximum Gasteiger partial charge on any atom is 0.253 e. The second kappa shape index (κ2) is 11.8. The van der Waals surface area contributed by atoms with Crippen molar-refractivity contribution in [2.24, 2.45) is 5.92 Å². The van der Waals surface area contributed by atoms with Crippen molar-refractivity contribution in [2.75, 3.05) is 33.3 Å². The maximum atomic E-state index is 12.9. The minimum atomic E-state index is 0.130. The summed E-state index contributed by atoms with van der Waals surface area (Å²) in [5.74, 6) is 1.40. The summed E-state index contributed by atoms with van der Waals surface area (Å²) in [7, 11) is 2.17. The van der Waals surface area contributed by atoms with E-state index in [1.54, 1.807) is 0 Å². The predicted molar refractivity (Wildman–Crippen MR) is 138 cm³/mol. The van der Waals surface area contributed by atoms with Crippen LogP contribution >= 0.6 is 0 Å². The molecule has 0 radical (unpaired) electrons. The molecule has 1 saturated heterocycles. The Hall–Kier alpha value is -3.11. The third-order valence-corrected chi connectivity index (χ3v) is 6.59. The summed E-state index contributed by atoms with van der Waals surface area (Å²) in [5.41, 5.74) is 4.61. The minimum Gasteiger partial charge on any atom is -0.493 e. The number of amides is 1. The zero-order valence-corrected chi connectivity index (χ0v) is 20.5. The third kappa shape index (κ3) is 6.94. The van der Waals surface area contributed by atoms with Crippen LogP contribution < -0.4 is 4.74 Å². The first-order valence-corrected chi connectivity index (χ1v) is 12.4. The summed E-state index contributed by atoms with van der Waals surface area (Å²) in [6, 6.07) is 26.9. The molecule has 1 unspecified atom stereocenters. The molecule has 178 valence electrons. The number of hydrogen-bond donors (Lipinski definition) is 0. The molecule has 4 nitrogen and oxygen atoms in total. The number of carbonyl (C=O) groups excluding carboxylic acids is 1. The van der Waals surface area contributed by atoms with Crippen LogP contribution in [0.3, 0.4) is 0 Å². The largest absolute Gasteiger partial charge is 0.493 e. The van der Waals surface area contributed by atoms with E-state index in [1.165, 1.54) is 16.7 Å². The van der Waals surface area contributed by atoms with Gasteiger partial charge >= 0.3 is 0 Å². The number of likely N-dealkylation sites (tertiary alicyclic amines) is 1. The topological polar surface area (TPSA) is 32.8 Å². The van der Waals surface area contributed by atoms with Gasteiger partial charge in [-0.15, -0.1) is 0 Å². The van der Waals surface area contributed by atoms with E-state index in [2.05, 4.69) is 66.5 Å². The molecule has 0 saturated carbocycles. The van der Waals surface area contributed by atoms with Crippen LogP contribution in [0.25, 0.3) is 0 Å². The fourth-order valence-electron chi connectivity index (χ4n) is 4.52. The highest BCUT2D eigenvalue weighted by atomic mass is 16.5. The van der Waals surface area contributed by atoms with Crippen LogP contribution in [-0.2, 0) is 13.0 Å². The van der Waals surface area contributed by atoms with E-state index >= 15 is 0 Å². The molecular formula is C30H36N2O2. The highest BCUT2D eigenvalue weighted by Gasteiger charge is 2.25. The molecule has 0 aliphatic carbocycles. The van der Waals surface area contributed by atoms with Crippen molar-refractivity contribution in [2.45, 2.75) is 32.7 Å². The molecule has 0 aromatic heterocycles. The first kappa shape index (κ1) is 24.0. The van der Waals surface area contributed by atoms with Gasteiger partial charge in [0, 0.05) is 37.7 Å². The summed E-state index contributed by atoms with van der Waals surface area (Å²) in [6.45, 7) is 6.23. The molecule has 4 heteroatoms. The Kier molecular flexibility index (Phi) is 8.37. The Bertz CT molecular complexity index is 1030. The summed E-state index contributed by atoms with van der Waals surface area (Å²) in [6.07, 6.45) is 3.19. The fourth-order valence-corrected chi connectivity index (χ4v) is 4.52. The number of carbonyl (C=O) groups is 1. The molecule has 1 fully saturated rings. The van der Waals surface area contributed by atoms with E-state index in [0.717, 1.165) is 56.8 Å². The maximum absolute atomic E-state index is 12.9. The number of aryl methyl sites for hydroxylation is 1. The van der Waals surface area contributed by atoms with Gasteiger partial charge in [0.1, 0.15) is 5.75 Å². The van der Waals surface area contributed by atoms with Crippen LogP contribution in [0.4, 0.5) is 0 Å². The smallest absolute Gasteiger partial charge is 0.253 e. The van der Waals surface area contributed by atoms with Gasteiger partial charge in [-0.25, -0.2) is 0 Å². The monoisotopic (exact) mass is 456 g/mol.